The van der Waals surface area contributed by atoms with E-state index in [1.165, 1.54) is 0 Å². The van der Waals surface area contributed by atoms with Crippen molar-refractivity contribution in [3.63, 3.8) is 0 Å². The lowest BCUT2D eigenvalue weighted by Gasteiger charge is -2.38. The van der Waals surface area contributed by atoms with Crippen LogP contribution in [0.1, 0.15) is 30.9 Å². The lowest BCUT2D eigenvalue weighted by Crippen LogP contribution is -2.46. The molecule has 0 aromatic heterocycles. The van der Waals surface area contributed by atoms with Gasteiger partial charge in [0.2, 0.25) is 0 Å². The number of hydrogen-bond acceptors (Lipinski definition) is 4. The molecule has 1 unspecified atom stereocenters. The molecule has 108 valence electrons. The van der Waals surface area contributed by atoms with Crippen LogP contribution in [0.4, 0.5) is 0 Å². The number of benzene rings is 1. The summed E-state index contributed by atoms with van der Waals surface area (Å²) in [5.41, 5.74) is 0.419. The Hall–Kier alpha value is -1.41. The molecule has 1 fully saturated rings. The summed E-state index contributed by atoms with van der Waals surface area (Å²) in [6.45, 7) is 1.79. The van der Waals surface area contributed by atoms with Crippen molar-refractivity contribution >= 4 is 0 Å². The van der Waals surface area contributed by atoms with Crippen LogP contribution in [0, 0.1) is 11.3 Å². The number of nitrogens with zero attached hydrogens (tertiary/aromatic N) is 2. The topological polar surface area (TPSA) is 56.5 Å². The van der Waals surface area contributed by atoms with Crippen LogP contribution in [0.25, 0.3) is 0 Å². The minimum atomic E-state index is -0.699. The highest BCUT2D eigenvalue weighted by atomic mass is 16.5. The van der Waals surface area contributed by atoms with Gasteiger partial charge < -0.3 is 9.84 Å². The van der Waals surface area contributed by atoms with Crippen molar-refractivity contribution in [3.8, 4) is 6.07 Å². The van der Waals surface area contributed by atoms with Gasteiger partial charge in [0, 0.05) is 38.6 Å². The van der Waals surface area contributed by atoms with E-state index in [1.807, 2.05) is 37.4 Å². The van der Waals surface area contributed by atoms with Crippen molar-refractivity contribution in [1.29, 1.82) is 5.26 Å². The fourth-order valence-corrected chi connectivity index (χ4v) is 2.77. The third kappa shape index (κ3) is 3.80. The number of rotatable bonds is 5. The minimum Gasteiger partial charge on any atom is -0.388 e. The first-order valence-corrected chi connectivity index (χ1v) is 7.07. The summed E-state index contributed by atoms with van der Waals surface area (Å²) < 4.78 is 5.31. The zero-order chi connectivity index (χ0) is 14.4. The van der Waals surface area contributed by atoms with E-state index in [2.05, 4.69) is 11.0 Å². The summed E-state index contributed by atoms with van der Waals surface area (Å²) in [5.74, 6) is 0. The zero-order valence-electron chi connectivity index (χ0n) is 12.0. The van der Waals surface area contributed by atoms with Gasteiger partial charge >= 0.3 is 0 Å². The number of ether oxygens (including phenoxy) is 1. The van der Waals surface area contributed by atoms with E-state index in [4.69, 9.17) is 10.00 Å². The molecular weight excluding hydrogens is 252 g/mol. The molecule has 1 aliphatic heterocycles. The fraction of sp³-hybridized carbons (Fsp3) is 0.562. The Kier molecular flexibility index (Phi) is 5.13. The molecule has 2 rings (SSSR count). The maximum Gasteiger partial charge on any atom is 0.0818 e. The molecule has 0 bridgehead atoms. The Morgan fingerprint density at radius 3 is 2.60 bits per heavy atom. The first kappa shape index (κ1) is 15.0. The van der Waals surface area contributed by atoms with Gasteiger partial charge in [0.1, 0.15) is 0 Å². The molecule has 20 heavy (non-hydrogen) atoms. The first-order chi connectivity index (χ1) is 9.64. The monoisotopic (exact) mass is 274 g/mol. The van der Waals surface area contributed by atoms with Crippen LogP contribution in [-0.4, -0.2) is 42.4 Å². The van der Waals surface area contributed by atoms with Gasteiger partial charge in [-0.15, -0.1) is 0 Å². The van der Waals surface area contributed by atoms with Crippen LogP contribution in [0.5, 0.6) is 0 Å². The summed E-state index contributed by atoms with van der Waals surface area (Å²) >= 11 is 0. The average Bonchev–Trinajstić information content (AvgIpc) is 2.46. The SMILES string of the molecule is CN(CC1(O)CCOCC1)C(CC#N)c1ccccc1. The molecule has 0 saturated carbocycles. The molecule has 1 heterocycles. The number of likely N-dealkylation sites (N-methyl/N-ethyl adjacent to an activating group) is 1. The van der Waals surface area contributed by atoms with Crippen LogP contribution >= 0.6 is 0 Å². The Bertz CT molecular complexity index is 449. The molecule has 0 spiro atoms. The van der Waals surface area contributed by atoms with Crippen LogP contribution in [0.15, 0.2) is 30.3 Å². The van der Waals surface area contributed by atoms with E-state index < -0.39 is 5.60 Å². The highest BCUT2D eigenvalue weighted by Crippen LogP contribution is 2.28. The van der Waals surface area contributed by atoms with E-state index in [0.29, 0.717) is 39.0 Å². The van der Waals surface area contributed by atoms with E-state index in [9.17, 15) is 5.11 Å². The van der Waals surface area contributed by atoms with Crippen molar-refractivity contribution in [2.75, 3.05) is 26.8 Å². The highest BCUT2D eigenvalue weighted by molar-refractivity contribution is 5.20. The third-order valence-corrected chi connectivity index (χ3v) is 3.97. The Balaban J connectivity index is 2.07. The van der Waals surface area contributed by atoms with Gasteiger partial charge in [-0.2, -0.15) is 5.26 Å². The summed E-state index contributed by atoms with van der Waals surface area (Å²) in [5, 5.41) is 19.7. The molecule has 1 aliphatic rings. The van der Waals surface area contributed by atoms with Crippen LogP contribution in [-0.2, 0) is 4.74 Å². The second kappa shape index (κ2) is 6.85. The van der Waals surface area contributed by atoms with Crippen molar-refractivity contribution in [2.24, 2.45) is 0 Å². The Labute approximate surface area is 120 Å². The Morgan fingerprint density at radius 1 is 1.35 bits per heavy atom. The normalized spacial score (nSPS) is 19.5. The summed E-state index contributed by atoms with van der Waals surface area (Å²) in [6, 6.07) is 12.3. The van der Waals surface area contributed by atoms with Gasteiger partial charge in [0.25, 0.3) is 0 Å². The molecule has 0 radical (unpaired) electrons. The lowest BCUT2D eigenvalue weighted by molar-refractivity contribution is -0.0814. The molecule has 4 nitrogen and oxygen atoms in total. The van der Waals surface area contributed by atoms with Crippen molar-refractivity contribution in [1.82, 2.24) is 4.90 Å². The lowest BCUT2D eigenvalue weighted by atomic mass is 9.92. The molecule has 1 N–H and O–H groups in total. The maximum atomic E-state index is 10.6. The van der Waals surface area contributed by atoms with Crippen molar-refractivity contribution in [2.45, 2.75) is 30.9 Å². The number of hydrogen-bond donors (Lipinski definition) is 1. The summed E-state index contributed by atoms with van der Waals surface area (Å²) in [4.78, 5) is 2.09. The van der Waals surface area contributed by atoms with Gasteiger partial charge in [-0.25, -0.2) is 0 Å². The standard InChI is InChI=1S/C16H22N2O2/c1-18(13-16(19)8-11-20-12-9-16)15(7-10-17)14-5-3-2-4-6-14/h2-6,15,19H,7-9,11-13H2,1H3. The van der Waals surface area contributed by atoms with E-state index in [0.717, 1.165) is 5.56 Å². The highest BCUT2D eigenvalue weighted by Gasteiger charge is 2.33. The molecule has 1 aromatic carbocycles. The molecule has 1 aromatic rings. The smallest absolute Gasteiger partial charge is 0.0818 e. The maximum absolute atomic E-state index is 10.6. The largest absolute Gasteiger partial charge is 0.388 e. The summed E-state index contributed by atoms with van der Waals surface area (Å²) in [6.07, 6.45) is 1.74. The van der Waals surface area contributed by atoms with Crippen LogP contribution in [0.2, 0.25) is 0 Å². The summed E-state index contributed by atoms with van der Waals surface area (Å²) in [7, 11) is 1.97. The molecule has 0 aliphatic carbocycles. The van der Waals surface area contributed by atoms with E-state index in [1.54, 1.807) is 0 Å². The van der Waals surface area contributed by atoms with Gasteiger partial charge in [0.05, 0.1) is 18.1 Å². The quantitative estimate of drug-likeness (QED) is 0.893. The zero-order valence-corrected chi connectivity index (χ0v) is 12.0. The van der Waals surface area contributed by atoms with Crippen LogP contribution in [0.3, 0.4) is 0 Å². The van der Waals surface area contributed by atoms with Gasteiger partial charge in [0.15, 0.2) is 0 Å². The molecule has 0 amide bonds. The van der Waals surface area contributed by atoms with Gasteiger partial charge in [-0.3, -0.25) is 4.90 Å². The number of aliphatic hydroxyl groups is 1. The van der Waals surface area contributed by atoms with E-state index >= 15 is 0 Å². The van der Waals surface area contributed by atoms with E-state index in [-0.39, 0.29) is 6.04 Å². The van der Waals surface area contributed by atoms with Crippen LogP contribution < -0.4 is 0 Å². The van der Waals surface area contributed by atoms with Gasteiger partial charge in [-0.1, -0.05) is 30.3 Å². The van der Waals surface area contributed by atoms with Gasteiger partial charge in [-0.05, 0) is 12.6 Å². The second-order valence-corrected chi connectivity index (χ2v) is 5.54. The van der Waals surface area contributed by atoms with Crippen molar-refractivity contribution < 1.29 is 9.84 Å². The molecular formula is C16H22N2O2. The molecule has 4 heteroatoms. The fourth-order valence-electron chi connectivity index (χ4n) is 2.77. The number of nitriles is 1. The predicted molar refractivity (Wildman–Crippen MR) is 77.0 cm³/mol. The predicted octanol–water partition coefficient (Wildman–Crippen LogP) is 2.11. The second-order valence-electron chi connectivity index (χ2n) is 5.54. The third-order valence-electron chi connectivity index (χ3n) is 3.97. The Morgan fingerprint density at radius 2 is 2.00 bits per heavy atom. The molecule has 1 atom stereocenters. The molecule has 1 saturated heterocycles. The van der Waals surface area contributed by atoms with Crippen molar-refractivity contribution in [3.05, 3.63) is 35.9 Å². The average molecular weight is 274 g/mol. The first-order valence-electron chi connectivity index (χ1n) is 7.07. The minimum absolute atomic E-state index is 0.0214.